The van der Waals surface area contributed by atoms with Crippen molar-refractivity contribution in [3.63, 3.8) is 0 Å². The van der Waals surface area contributed by atoms with Crippen molar-refractivity contribution in [2.45, 2.75) is 39.1 Å². The molecule has 2 rings (SSSR count). The van der Waals surface area contributed by atoms with Gasteiger partial charge in [-0.2, -0.15) is 0 Å². The number of sulfone groups is 1. The molecule has 0 aliphatic rings. The molecule has 0 aliphatic heterocycles. The summed E-state index contributed by atoms with van der Waals surface area (Å²) in [5.41, 5.74) is 1.95. The molecule has 1 aromatic carbocycles. The summed E-state index contributed by atoms with van der Waals surface area (Å²) in [6, 6.07) is 5.93. The second kappa shape index (κ2) is 11.3. The van der Waals surface area contributed by atoms with Crippen molar-refractivity contribution in [3.05, 3.63) is 52.7 Å². The minimum Gasteiger partial charge on any atom is -0.359 e. The first-order valence-electron chi connectivity index (χ1n) is 8.72. The van der Waals surface area contributed by atoms with Crippen LogP contribution in [0.25, 0.3) is 0 Å². The second-order valence-corrected chi connectivity index (χ2v) is 8.31. The van der Waals surface area contributed by atoms with E-state index < -0.39 is 15.7 Å². The lowest BCUT2D eigenvalue weighted by molar-refractivity contribution is 0.374. The number of guanidine groups is 1. The molecule has 1 heterocycles. The Morgan fingerprint density at radius 1 is 1.21 bits per heavy atom. The Hall–Kier alpha value is -1.69. The average molecular weight is 524 g/mol. The van der Waals surface area contributed by atoms with E-state index in [9.17, 15) is 12.8 Å². The Balaban J connectivity index is 0.00000392. The molecule has 2 aromatic rings. The van der Waals surface area contributed by atoms with Gasteiger partial charge in [0, 0.05) is 18.9 Å². The lowest BCUT2D eigenvalue weighted by atomic mass is 10.1. The van der Waals surface area contributed by atoms with E-state index in [2.05, 4.69) is 20.8 Å². The molecule has 0 radical (unpaired) electrons. The molecule has 7 nitrogen and oxygen atoms in total. The normalized spacial score (nSPS) is 11.8. The number of nitrogens with one attached hydrogen (secondary N) is 2. The predicted molar refractivity (Wildman–Crippen MR) is 118 cm³/mol. The van der Waals surface area contributed by atoms with Crippen LogP contribution in [0.15, 0.2) is 33.8 Å². The van der Waals surface area contributed by atoms with E-state index in [0.717, 1.165) is 18.4 Å². The van der Waals surface area contributed by atoms with E-state index in [1.54, 1.807) is 0 Å². The molecule has 0 bridgehead atoms. The third kappa shape index (κ3) is 8.13. The molecule has 0 saturated heterocycles. The molecule has 0 fully saturated rings. The molecular weight excluding hydrogens is 498 g/mol. The zero-order valence-electron chi connectivity index (χ0n) is 16.2. The highest BCUT2D eigenvalue weighted by atomic mass is 127. The third-order valence-electron chi connectivity index (χ3n) is 3.74. The van der Waals surface area contributed by atoms with Crippen LogP contribution in [0.4, 0.5) is 4.39 Å². The molecule has 0 saturated carbocycles. The lowest BCUT2D eigenvalue weighted by Gasteiger charge is -2.11. The molecular formula is C18H26FIN4O3S. The fourth-order valence-electron chi connectivity index (χ4n) is 2.45. The van der Waals surface area contributed by atoms with Gasteiger partial charge in [-0.25, -0.2) is 17.8 Å². The first kappa shape index (κ1) is 24.3. The molecule has 2 N–H and O–H groups in total. The van der Waals surface area contributed by atoms with Crippen LogP contribution in [0.3, 0.4) is 0 Å². The Bertz CT molecular complexity index is 900. The van der Waals surface area contributed by atoms with Crippen LogP contribution >= 0.6 is 24.0 Å². The summed E-state index contributed by atoms with van der Waals surface area (Å²) in [4.78, 5) is 4.43. The van der Waals surface area contributed by atoms with Gasteiger partial charge in [0.15, 0.2) is 21.6 Å². The summed E-state index contributed by atoms with van der Waals surface area (Å²) >= 11 is 0. The van der Waals surface area contributed by atoms with E-state index in [0.29, 0.717) is 35.9 Å². The molecule has 10 heteroatoms. The smallest absolute Gasteiger partial charge is 0.191 e. The van der Waals surface area contributed by atoms with Gasteiger partial charge >= 0.3 is 0 Å². The van der Waals surface area contributed by atoms with Gasteiger partial charge < -0.3 is 15.2 Å². The topological polar surface area (TPSA) is 96.6 Å². The summed E-state index contributed by atoms with van der Waals surface area (Å²) in [5, 5.41) is 10.1. The van der Waals surface area contributed by atoms with Crippen molar-refractivity contribution >= 4 is 39.8 Å². The van der Waals surface area contributed by atoms with Gasteiger partial charge in [0.1, 0.15) is 5.82 Å². The number of aliphatic imine (C=N–C) groups is 1. The fraction of sp³-hybridized carbons (Fsp3) is 0.444. The number of hydrogen-bond donors (Lipinski definition) is 2. The molecule has 0 unspecified atom stereocenters. The number of hydrogen-bond acceptors (Lipinski definition) is 5. The van der Waals surface area contributed by atoms with Crippen molar-refractivity contribution in [2.75, 3.05) is 12.8 Å². The highest BCUT2D eigenvalue weighted by Gasteiger charge is 2.11. The molecule has 0 spiro atoms. The van der Waals surface area contributed by atoms with E-state index >= 15 is 0 Å². The largest absolute Gasteiger partial charge is 0.359 e. The van der Waals surface area contributed by atoms with Gasteiger partial charge in [-0.1, -0.05) is 18.1 Å². The summed E-state index contributed by atoms with van der Waals surface area (Å²) in [5.74, 6) is 0.617. The van der Waals surface area contributed by atoms with Crippen molar-refractivity contribution in [2.24, 2.45) is 4.99 Å². The van der Waals surface area contributed by atoms with Crippen LogP contribution in [0.1, 0.15) is 36.4 Å². The number of aryl methyl sites for hydroxylation is 1. The van der Waals surface area contributed by atoms with Crippen molar-refractivity contribution in [1.29, 1.82) is 0 Å². The Kier molecular flexibility index (Phi) is 9.87. The van der Waals surface area contributed by atoms with Gasteiger partial charge in [-0.3, -0.25) is 0 Å². The fourth-order valence-corrected chi connectivity index (χ4v) is 3.29. The Labute approximate surface area is 182 Å². The lowest BCUT2D eigenvalue weighted by Crippen LogP contribution is -2.36. The maximum Gasteiger partial charge on any atom is 0.191 e. The number of halogens is 2. The van der Waals surface area contributed by atoms with Crippen LogP contribution in [0, 0.1) is 5.82 Å². The summed E-state index contributed by atoms with van der Waals surface area (Å²) in [6.07, 6.45) is 1.94. The van der Waals surface area contributed by atoms with Gasteiger partial charge in [-0.05, 0) is 36.6 Å². The molecule has 156 valence electrons. The molecule has 1 aromatic heterocycles. The van der Waals surface area contributed by atoms with Crippen LogP contribution in [0.5, 0.6) is 0 Å². The first-order chi connectivity index (χ1) is 12.8. The summed E-state index contributed by atoms with van der Waals surface area (Å²) in [6.45, 7) is 5.11. The SMILES string of the molecule is CCNC(=NCc1cc(F)ccc1CS(C)(=O)=O)NCc1cc(CC)no1.I. The molecule has 0 amide bonds. The molecule has 0 aliphatic carbocycles. The zero-order chi connectivity index (χ0) is 19.9. The van der Waals surface area contributed by atoms with Crippen molar-refractivity contribution < 1.29 is 17.3 Å². The summed E-state index contributed by atoms with van der Waals surface area (Å²) in [7, 11) is -3.23. The van der Waals surface area contributed by atoms with Crippen molar-refractivity contribution in [3.8, 4) is 0 Å². The van der Waals surface area contributed by atoms with Crippen LogP contribution in [0.2, 0.25) is 0 Å². The first-order valence-corrected chi connectivity index (χ1v) is 10.8. The van der Waals surface area contributed by atoms with Crippen LogP contribution in [-0.2, 0) is 35.1 Å². The monoisotopic (exact) mass is 524 g/mol. The van der Waals surface area contributed by atoms with Crippen LogP contribution < -0.4 is 10.6 Å². The predicted octanol–water partition coefficient (Wildman–Crippen LogP) is 2.79. The molecule has 0 atom stereocenters. The second-order valence-electron chi connectivity index (χ2n) is 6.17. The van der Waals surface area contributed by atoms with Gasteiger partial charge in [0.05, 0.1) is 24.5 Å². The number of aromatic nitrogens is 1. The third-order valence-corrected chi connectivity index (χ3v) is 4.57. The number of benzene rings is 1. The maximum absolute atomic E-state index is 13.6. The van der Waals surface area contributed by atoms with E-state index in [1.165, 1.54) is 18.2 Å². The van der Waals surface area contributed by atoms with E-state index in [1.807, 2.05) is 19.9 Å². The van der Waals surface area contributed by atoms with E-state index in [-0.39, 0.29) is 36.3 Å². The minimum atomic E-state index is -3.23. The van der Waals surface area contributed by atoms with Crippen molar-refractivity contribution in [1.82, 2.24) is 15.8 Å². The van der Waals surface area contributed by atoms with E-state index in [4.69, 9.17) is 4.52 Å². The quantitative estimate of drug-likeness (QED) is 0.313. The Morgan fingerprint density at radius 3 is 2.57 bits per heavy atom. The van der Waals surface area contributed by atoms with Gasteiger partial charge in [-0.15, -0.1) is 24.0 Å². The highest BCUT2D eigenvalue weighted by Crippen LogP contribution is 2.15. The zero-order valence-corrected chi connectivity index (χ0v) is 19.3. The summed E-state index contributed by atoms with van der Waals surface area (Å²) < 4.78 is 42.0. The highest BCUT2D eigenvalue weighted by molar-refractivity contribution is 14.0. The van der Waals surface area contributed by atoms with Gasteiger partial charge in [0.25, 0.3) is 0 Å². The number of rotatable bonds is 8. The molecule has 28 heavy (non-hydrogen) atoms. The minimum absolute atomic E-state index is 0. The van der Waals surface area contributed by atoms with Gasteiger partial charge in [0.2, 0.25) is 0 Å². The Morgan fingerprint density at radius 2 is 1.96 bits per heavy atom. The maximum atomic E-state index is 13.6. The number of nitrogens with zero attached hydrogens (tertiary/aromatic N) is 2. The van der Waals surface area contributed by atoms with Crippen LogP contribution in [-0.4, -0.2) is 32.3 Å². The standard InChI is InChI=1S/C18H25FN4O3S.HI/c1-4-16-9-17(26-23-16)11-22-18(20-5-2)21-10-14-8-15(19)7-6-13(14)12-27(3,24)25;/h6-9H,4-5,10-12H2,1-3H3,(H2,20,21,22);1H. The average Bonchev–Trinajstić information content (AvgIpc) is 3.06.